The number of nitrogens with one attached hydrogen (secondary N) is 1. The molecule has 0 aliphatic carbocycles. The van der Waals surface area contributed by atoms with Crippen molar-refractivity contribution in [3.05, 3.63) is 54.4 Å². The highest BCUT2D eigenvalue weighted by Gasteiger charge is 2.10. The van der Waals surface area contributed by atoms with Gasteiger partial charge in [0.15, 0.2) is 0 Å². The van der Waals surface area contributed by atoms with Crippen LogP contribution in [0.3, 0.4) is 0 Å². The number of anilines is 1. The average Bonchev–Trinajstić information content (AvgIpc) is 2.61. The van der Waals surface area contributed by atoms with Gasteiger partial charge in [0.25, 0.3) is 0 Å². The molecule has 134 valence electrons. The molecular formula is C18H15F2N3O2S. The van der Waals surface area contributed by atoms with Crippen LogP contribution in [-0.2, 0) is 4.79 Å². The first-order valence-corrected chi connectivity index (χ1v) is 8.71. The number of hydrogen-bond donors (Lipinski definition) is 1. The topological polar surface area (TPSA) is 64.1 Å². The standard InChI is InChI=1S/C18H15F2N3O2S/c1-11-21-15-5-3-2-4-14(15)17(22-11)26-10-16(24)23-12-6-8-13(9-7-12)25-18(19)20/h2-9,18H,10H2,1H3,(H,23,24). The lowest BCUT2D eigenvalue weighted by Crippen LogP contribution is -2.14. The van der Waals surface area contributed by atoms with Gasteiger partial charge in [-0.3, -0.25) is 4.79 Å². The molecule has 0 fully saturated rings. The monoisotopic (exact) mass is 375 g/mol. The number of rotatable bonds is 6. The number of carbonyl (C=O) groups is 1. The van der Waals surface area contributed by atoms with Crippen LogP contribution in [0.1, 0.15) is 5.82 Å². The number of benzene rings is 2. The molecule has 0 spiro atoms. The van der Waals surface area contributed by atoms with E-state index in [-0.39, 0.29) is 17.4 Å². The summed E-state index contributed by atoms with van der Waals surface area (Å²) in [5.74, 6) is 0.616. The SMILES string of the molecule is Cc1nc(SCC(=O)Nc2ccc(OC(F)F)cc2)c2ccccc2n1. The van der Waals surface area contributed by atoms with E-state index in [2.05, 4.69) is 20.0 Å². The number of ether oxygens (including phenoxy) is 1. The van der Waals surface area contributed by atoms with E-state index in [0.717, 1.165) is 15.9 Å². The zero-order valence-corrected chi connectivity index (χ0v) is 14.6. The maximum atomic E-state index is 12.1. The van der Waals surface area contributed by atoms with Gasteiger partial charge in [0.05, 0.1) is 11.3 Å². The van der Waals surface area contributed by atoms with Crippen molar-refractivity contribution in [2.75, 3.05) is 11.1 Å². The fourth-order valence-electron chi connectivity index (χ4n) is 2.32. The van der Waals surface area contributed by atoms with Crippen molar-refractivity contribution in [1.29, 1.82) is 0 Å². The normalized spacial score (nSPS) is 10.9. The number of halogens is 2. The van der Waals surface area contributed by atoms with Gasteiger partial charge in [-0.15, -0.1) is 0 Å². The van der Waals surface area contributed by atoms with Crippen LogP contribution in [0.2, 0.25) is 0 Å². The third-order valence-electron chi connectivity index (χ3n) is 3.38. The highest BCUT2D eigenvalue weighted by molar-refractivity contribution is 8.00. The highest BCUT2D eigenvalue weighted by Crippen LogP contribution is 2.25. The third-order valence-corrected chi connectivity index (χ3v) is 4.37. The Labute approximate surface area is 152 Å². The Kier molecular flexibility index (Phi) is 5.62. The summed E-state index contributed by atoms with van der Waals surface area (Å²) in [5.41, 5.74) is 1.33. The minimum Gasteiger partial charge on any atom is -0.435 e. The number of alkyl halides is 2. The first kappa shape index (κ1) is 18.1. The second kappa shape index (κ2) is 8.09. The summed E-state index contributed by atoms with van der Waals surface area (Å²) in [4.78, 5) is 20.9. The Bertz CT molecular complexity index is 920. The summed E-state index contributed by atoms with van der Waals surface area (Å²) in [6.07, 6.45) is 0. The summed E-state index contributed by atoms with van der Waals surface area (Å²) in [6.45, 7) is -1.07. The molecule has 0 atom stereocenters. The first-order chi connectivity index (χ1) is 12.5. The van der Waals surface area contributed by atoms with E-state index < -0.39 is 6.61 Å². The Morgan fingerprint density at radius 3 is 2.62 bits per heavy atom. The average molecular weight is 375 g/mol. The number of amides is 1. The minimum atomic E-state index is -2.88. The van der Waals surface area contributed by atoms with Gasteiger partial charge in [0.2, 0.25) is 5.91 Å². The van der Waals surface area contributed by atoms with Crippen LogP contribution in [-0.4, -0.2) is 28.2 Å². The number of para-hydroxylation sites is 1. The molecule has 3 aromatic rings. The molecule has 0 saturated heterocycles. The van der Waals surface area contributed by atoms with Crippen molar-refractivity contribution in [2.45, 2.75) is 18.6 Å². The summed E-state index contributed by atoms with van der Waals surface area (Å²) < 4.78 is 28.5. The summed E-state index contributed by atoms with van der Waals surface area (Å²) >= 11 is 1.32. The van der Waals surface area contributed by atoms with Crippen LogP contribution in [0.15, 0.2) is 53.6 Å². The molecule has 0 aliphatic heterocycles. The molecule has 0 unspecified atom stereocenters. The van der Waals surface area contributed by atoms with E-state index in [1.807, 2.05) is 24.3 Å². The number of fused-ring (bicyclic) bond motifs is 1. The third kappa shape index (κ3) is 4.66. The van der Waals surface area contributed by atoms with Gasteiger partial charge in [0.1, 0.15) is 16.6 Å². The predicted octanol–water partition coefficient (Wildman–Crippen LogP) is 4.27. The van der Waals surface area contributed by atoms with Crippen LogP contribution in [0.5, 0.6) is 5.75 Å². The zero-order chi connectivity index (χ0) is 18.5. The Balaban J connectivity index is 1.63. The number of thioether (sulfide) groups is 1. The summed E-state index contributed by atoms with van der Waals surface area (Å²) in [5, 5.41) is 4.34. The Morgan fingerprint density at radius 1 is 1.15 bits per heavy atom. The maximum Gasteiger partial charge on any atom is 0.387 e. The molecule has 0 bridgehead atoms. The largest absolute Gasteiger partial charge is 0.435 e. The molecule has 3 rings (SSSR count). The highest BCUT2D eigenvalue weighted by atomic mass is 32.2. The Hall–Kier alpha value is -2.74. The predicted molar refractivity (Wildman–Crippen MR) is 96.7 cm³/mol. The van der Waals surface area contributed by atoms with Crippen LogP contribution in [0.4, 0.5) is 14.5 Å². The van der Waals surface area contributed by atoms with E-state index in [0.29, 0.717) is 11.5 Å². The van der Waals surface area contributed by atoms with Crippen molar-refractivity contribution in [2.24, 2.45) is 0 Å². The molecule has 0 aliphatic rings. The zero-order valence-electron chi connectivity index (χ0n) is 13.8. The van der Waals surface area contributed by atoms with Gasteiger partial charge in [0, 0.05) is 11.1 Å². The van der Waals surface area contributed by atoms with E-state index in [1.54, 1.807) is 6.92 Å². The summed E-state index contributed by atoms with van der Waals surface area (Å²) in [7, 11) is 0. The van der Waals surface area contributed by atoms with Crippen molar-refractivity contribution >= 4 is 34.3 Å². The molecule has 26 heavy (non-hydrogen) atoms. The lowest BCUT2D eigenvalue weighted by atomic mass is 10.2. The molecule has 5 nitrogen and oxygen atoms in total. The van der Waals surface area contributed by atoms with Gasteiger partial charge in [-0.25, -0.2) is 9.97 Å². The van der Waals surface area contributed by atoms with E-state index in [1.165, 1.54) is 36.0 Å². The first-order valence-electron chi connectivity index (χ1n) is 7.72. The number of carbonyl (C=O) groups excluding carboxylic acids is 1. The van der Waals surface area contributed by atoms with Gasteiger partial charge < -0.3 is 10.1 Å². The van der Waals surface area contributed by atoms with Gasteiger partial charge >= 0.3 is 6.61 Å². The molecule has 0 radical (unpaired) electrons. The summed E-state index contributed by atoms with van der Waals surface area (Å²) in [6, 6.07) is 13.4. The fraction of sp³-hybridized carbons (Fsp3) is 0.167. The van der Waals surface area contributed by atoms with E-state index >= 15 is 0 Å². The lowest BCUT2D eigenvalue weighted by Gasteiger charge is -2.08. The second-order valence-electron chi connectivity index (χ2n) is 5.33. The van der Waals surface area contributed by atoms with Gasteiger partial charge in [-0.2, -0.15) is 8.78 Å². The molecule has 2 aromatic carbocycles. The molecule has 1 aromatic heterocycles. The smallest absolute Gasteiger partial charge is 0.387 e. The number of hydrogen-bond acceptors (Lipinski definition) is 5. The molecular weight excluding hydrogens is 360 g/mol. The van der Waals surface area contributed by atoms with Crippen LogP contribution < -0.4 is 10.1 Å². The van der Waals surface area contributed by atoms with Crippen molar-refractivity contribution in [1.82, 2.24) is 9.97 Å². The maximum absolute atomic E-state index is 12.1. The molecule has 1 N–H and O–H groups in total. The molecule has 1 amide bonds. The van der Waals surface area contributed by atoms with Crippen LogP contribution >= 0.6 is 11.8 Å². The van der Waals surface area contributed by atoms with E-state index in [9.17, 15) is 13.6 Å². The van der Waals surface area contributed by atoms with Crippen molar-refractivity contribution < 1.29 is 18.3 Å². The minimum absolute atomic E-state index is 0.0373. The molecule has 1 heterocycles. The number of aryl methyl sites for hydroxylation is 1. The quantitative estimate of drug-likeness (QED) is 0.515. The number of nitrogens with zero attached hydrogens (tertiary/aromatic N) is 2. The van der Waals surface area contributed by atoms with Crippen molar-refractivity contribution in [3.8, 4) is 5.75 Å². The van der Waals surface area contributed by atoms with Gasteiger partial charge in [-0.1, -0.05) is 30.0 Å². The van der Waals surface area contributed by atoms with Gasteiger partial charge in [-0.05, 0) is 37.3 Å². The number of aromatic nitrogens is 2. The van der Waals surface area contributed by atoms with Crippen LogP contribution in [0.25, 0.3) is 10.9 Å². The van der Waals surface area contributed by atoms with Crippen LogP contribution in [0, 0.1) is 6.92 Å². The molecule has 8 heteroatoms. The Morgan fingerprint density at radius 2 is 1.88 bits per heavy atom. The fourth-order valence-corrected chi connectivity index (χ4v) is 3.18. The second-order valence-corrected chi connectivity index (χ2v) is 6.30. The van der Waals surface area contributed by atoms with E-state index in [4.69, 9.17) is 0 Å². The molecule has 0 saturated carbocycles. The van der Waals surface area contributed by atoms with Crippen molar-refractivity contribution in [3.63, 3.8) is 0 Å². The lowest BCUT2D eigenvalue weighted by molar-refractivity contribution is -0.113.